The van der Waals surface area contributed by atoms with Gasteiger partial charge in [0.2, 0.25) is 5.91 Å². The normalized spacial score (nSPS) is 12.2. The Labute approximate surface area is 158 Å². The molecule has 136 valence electrons. The van der Waals surface area contributed by atoms with Crippen LogP contribution in [-0.2, 0) is 24.7 Å². The van der Waals surface area contributed by atoms with E-state index in [0.717, 1.165) is 33.8 Å². The van der Waals surface area contributed by atoms with Gasteiger partial charge in [0.05, 0.1) is 18.2 Å². The number of thiophene rings is 1. The van der Waals surface area contributed by atoms with Crippen molar-refractivity contribution in [3.8, 4) is 0 Å². The second-order valence-electron chi connectivity index (χ2n) is 6.56. The van der Waals surface area contributed by atoms with Gasteiger partial charge in [-0.2, -0.15) is 5.10 Å². The lowest BCUT2D eigenvalue weighted by Gasteiger charge is -2.19. The van der Waals surface area contributed by atoms with Crippen LogP contribution in [0, 0.1) is 13.8 Å². The summed E-state index contributed by atoms with van der Waals surface area (Å²) in [6, 6.07) is 12.5. The van der Waals surface area contributed by atoms with Crippen LogP contribution in [0.1, 0.15) is 45.9 Å². The Morgan fingerprint density at radius 2 is 1.96 bits per heavy atom. The standard InChI is InChI=1S/C21H25N3OS/c1-5-16-8-10-17(11-9-16)21(19-7-6-12-26-19)22-20(25)13-18-14(2)23-24(4)15(18)3/h6-12,21H,5,13H2,1-4H3,(H,22,25). The highest BCUT2D eigenvalue weighted by molar-refractivity contribution is 7.10. The van der Waals surface area contributed by atoms with Gasteiger partial charge < -0.3 is 5.32 Å². The first kappa shape index (κ1) is 18.4. The van der Waals surface area contributed by atoms with Crippen molar-refractivity contribution in [2.24, 2.45) is 7.05 Å². The van der Waals surface area contributed by atoms with Crippen molar-refractivity contribution in [2.45, 2.75) is 39.7 Å². The van der Waals surface area contributed by atoms with Gasteiger partial charge in [0.25, 0.3) is 0 Å². The molecule has 0 aliphatic carbocycles. The number of aryl methyl sites for hydroxylation is 3. The van der Waals surface area contributed by atoms with Crippen LogP contribution in [0.5, 0.6) is 0 Å². The SMILES string of the molecule is CCc1ccc(C(NC(=O)Cc2c(C)nn(C)c2C)c2cccs2)cc1. The van der Waals surface area contributed by atoms with Gasteiger partial charge in [0, 0.05) is 23.2 Å². The molecule has 0 saturated heterocycles. The van der Waals surface area contributed by atoms with Crippen molar-refractivity contribution in [1.29, 1.82) is 0 Å². The molecule has 0 spiro atoms. The van der Waals surface area contributed by atoms with Crippen LogP contribution >= 0.6 is 11.3 Å². The average Bonchev–Trinajstić information content (AvgIpc) is 3.25. The van der Waals surface area contributed by atoms with E-state index in [9.17, 15) is 4.79 Å². The molecule has 26 heavy (non-hydrogen) atoms. The van der Waals surface area contributed by atoms with Crippen molar-refractivity contribution < 1.29 is 4.79 Å². The number of rotatable bonds is 6. The van der Waals surface area contributed by atoms with E-state index < -0.39 is 0 Å². The average molecular weight is 368 g/mol. The Hall–Kier alpha value is -2.40. The number of carbonyl (C=O) groups excluding carboxylic acids is 1. The van der Waals surface area contributed by atoms with Crippen molar-refractivity contribution >= 4 is 17.2 Å². The molecule has 1 amide bonds. The Morgan fingerprint density at radius 1 is 1.23 bits per heavy atom. The van der Waals surface area contributed by atoms with Crippen LogP contribution in [0.4, 0.5) is 0 Å². The van der Waals surface area contributed by atoms with Gasteiger partial charge >= 0.3 is 0 Å². The fourth-order valence-corrected chi connectivity index (χ4v) is 3.97. The van der Waals surface area contributed by atoms with E-state index in [-0.39, 0.29) is 11.9 Å². The number of amides is 1. The number of benzene rings is 1. The highest BCUT2D eigenvalue weighted by atomic mass is 32.1. The Bertz CT molecular complexity index is 879. The first-order chi connectivity index (χ1) is 12.5. The van der Waals surface area contributed by atoms with Gasteiger partial charge in [-0.1, -0.05) is 37.3 Å². The Kier molecular flexibility index (Phi) is 5.57. The lowest BCUT2D eigenvalue weighted by Crippen LogP contribution is -2.30. The number of nitrogens with one attached hydrogen (secondary N) is 1. The summed E-state index contributed by atoms with van der Waals surface area (Å²) in [5.41, 5.74) is 5.37. The van der Waals surface area contributed by atoms with E-state index >= 15 is 0 Å². The van der Waals surface area contributed by atoms with Gasteiger partial charge in [-0.15, -0.1) is 11.3 Å². The summed E-state index contributed by atoms with van der Waals surface area (Å²) in [5.74, 6) is 0.0159. The maximum Gasteiger partial charge on any atom is 0.225 e. The quantitative estimate of drug-likeness (QED) is 0.713. The largest absolute Gasteiger partial charge is 0.344 e. The molecule has 1 atom stereocenters. The minimum atomic E-state index is -0.120. The summed E-state index contributed by atoms with van der Waals surface area (Å²) >= 11 is 1.66. The Morgan fingerprint density at radius 3 is 2.50 bits per heavy atom. The molecule has 0 radical (unpaired) electrons. The molecule has 2 aromatic heterocycles. The van der Waals surface area contributed by atoms with E-state index in [1.807, 2.05) is 37.0 Å². The van der Waals surface area contributed by atoms with E-state index in [2.05, 4.69) is 47.7 Å². The molecular formula is C21H25N3OS. The number of nitrogens with zero attached hydrogens (tertiary/aromatic N) is 2. The van der Waals surface area contributed by atoms with Gasteiger partial charge in [-0.05, 0) is 42.8 Å². The summed E-state index contributed by atoms with van der Waals surface area (Å²) < 4.78 is 1.83. The summed E-state index contributed by atoms with van der Waals surface area (Å²) in [6.07, 6.45) is 1.36. The van der Waals surface area contributed by atoms with Crippen LogP contribution in [0.25, 0.3) is 0 Å². The maximum absolute atomic E-state index is 12.8. The second kappa shape index (κ2) is 7.87. The van der Waals surface area contributed by atoms with Gasteiger partial charge in [0.15, 0.2) is 0 Å². The molecule has 4 nitrogen and oxygen atoms in total. The second-order valence-corrected chi connectivity index (χ2v) is 7.54. The lowest BCUT2D eigenvalue weighted by molar-refractivity contribution is -0.120. The minimum Gasteiger partial charge on any atom is -0.344 e. The zero-order valence-electron chi connectivity index (χ0n) is 15.7. The first-order valence-corrected chi connectivity index (χ1v) is 9.78. The summed E-state index contributed by atoms with van der Waals surface area (Å²) in [5, 5.41) is 9.67. The number of hydrogen-bond donors (Lipinski definition) is 1. The van der Waals surface area contributed by atoms with Crippen molar-refractivity contribution in [1.82, 2.24) is 15.1 Å². The zero-order chi connectivity index (χ0) is 18.7. The van der Waals surface area contributed by atoms with Gasteiger partial charge in [-0.25, -0.2) is 0 Å². The Balaban J connectivity index is 1.82. The van der Waals surface area contributed by atoms with Crippen molar-refractivity contribution in [3.05, 3.63) is 74.7 Å². The molecule has 1 aromatic carbocycles. The molecule has 1 N–H and O–H groups in total. The maximum atomic E-state index is 12.8. The van der Waals surface area contributed by atoms with Crippen LogP contribution in [0.2, 0.25) is 0 Å². The number of hydrogen-bond acceptors (Lipinski definition) is 3. The number of aromatic nitrogens is 2. The zero-order valence-corrected chi connectivity index (χ0v) is 16.6. The molecule has 0 aliphatic rings. The molecule has 5 heteroatoms. The van der Waals surface area contributed by atoms with Crippen LogP contribution < -0.4 is 5.32 Å². The van der Waals surface area contributed by atoms with E-state index in [4.69, 9.17) is 0 Å². The first-order valence-electron chi connectivity index (χ1n) is 8.90. The predicted molar refractivity (Wildman–Crippen MR) is 107 cm³/mol. The molecule has 0 fully saturated rings. The molecule has 1 unspecified atom stereocenters. The fraction of sp³-hybridized carbons (Fsp3) is 0.333. The minimum absolute atomic E-state index is 0.0159. The smallest absolute Gasteiger partial charge is 0.225 e. The highest BCUT2D eigenvalue weighted by Crippen LogP contribution is 2.27. The summed E-state index contributed by atoms with van der Waals surface area (Å²) in [6.45, 7) is 6.10. The summed E-state index contributed by atoms with van der Waals surface area (Å²) in [7, 11) is 1.91. The predicted octanol–water partition coefficient (Wildman–Crippen LogP) is 4.11. The van der Waals surface area contributed by atoms with Gasteiger partial charge in [-0.3, -0.25) is 9.48 Å². The third-order valence-electron chi connectivity index (χ3n) is 4.85. The van der Waals surface area contributed by atoms with E-state index in [1.54, 1.807) is 11.3 Å². The van der Waals surface area contributed by atoms with Crippen molar-refractivity contribution in [2.75, 3.05) is 0 Å². The number of carbonyl (C=O) groups is 1. The van der Waals surface area contributed by atoms with E-state index in [0.29, 0.717) is 6.42 Å². The van der Waals surface area contributed by atoms with Crippen LogP contribution in [0.15, 0.2) is 41.8 Å². The molecule has 2 heterocycles. The topological polar surface area (TPSA) is 46.9 Å². The molecule has 0 bridgehead atoms. The molecule has 3 aromatic rings. The third kappa shape index (κ3) is 3.88. The molecule has 3 rings (SSSR count). The highest BCUT2D eigenvalue weighted by Gasteiger charge is 2.20. The van der Waals surface area contributed by atoms with Crippen LogP contribution in [-0.4, -0.2) is 15.7 Å². The molecule has 0 saturated carbocycles. The molecule has 0 aliphatic heterocycles. The molecular weight excluding hydrogens is 342 g/mol. The van der Waals surface area contributed by atoms with E-state index in [1.165, 1.54) is 5.56 Å². The van der Waals surface area contributed by atoms with Crippen molar-refractivity contribution in [3.63, 3.8) is 0 Å². The fourth-order valence-electron chi connectivity index (χ4n) is 3.17. The van der Waals surface area contributed by atoms with Gasteiger partial charge in [0.1, 0.15) is 0 Å². The summed E-state index contributed by atoms with van der Waals surface area (Å²) in [4.78, 5) is 13.9. The lowest BCUT2D eigenvalue weighted by atomic mass is 10.0. The third-order valence-corrected chi connectivity index (χ3v) is 5.79. The van der Waals surface area contributed by atoms with Crippen LogP contribution in [0.3, 0.4) is 0 Å². The monoisotopic (exact) mass is 367 g/mol.